The van der Waals surface area contributed by atoms with Gasteiger partial charge in [0, 0.05) is 18.8 Å². The van der Waals surface area contributed by atoms with Crippen molar-refractivity contribution in [2.45, 2.75) is 39.0 Å². The molecule has 0 radical (unpaired) electrons. The predicted octanol–water partition coefficient (Wildman–Crippen LogP) is 1.52. The Morgan fingerprint density at radius 1 is 1.35 bits per heavy atom. The molecule has 2 N–H and O–H groups in total. The number of nitrogens with one attached hydrogen (secondary N) is 1. The second kappa shape index (κ2) is 7.37. The van der Waals surface area contributed by atoms with Crippen LogP contribution < -0.4 is 5.32 Å². The van der Waals surface area contributed by atoms with Crippen LogP contribution in [0.5, 0.6) is 0 Å². The molecule has 2 atom stereocenters. The van der Waals surface area contributed by atoms with Crippen molar-refractivity contribution < 1.29 is 9.84 Å². The van der Waals surface area contributed by atoms with Crippen LogP contribution in [0.2, 0.25) is 0 Å². The first-order valence-electron chi connectivity index (χ1n) is 6.03. The molecule has 0 aliphatic carbocycles. The number of nitrogens with zero attached hydrogens (tertiary/aromatic N) is 1. The third-order valence-corrected chi connectivity index (χ3v) is 2.41. The van der Waals surface area contributed by atoms with E-state index in [0.717, 1.165) is 5.69 Å². The van der Waals surface area contributed by atoms with Gasteiger partial charge in [-0.3, -0.25) is 4.98 Å². The number of ether oxygens (including phenoxy) is 1. The Labute approximate surface area is 103 Å². The molecule has 0 spiro atoms. The molecular weight excluding hydrogens is 216 g/mol. The Kier molecular flexibility index (Phi) is 6.11. The Balaban J connectivity index is 2.26. The van der Waals surface area contributed by atoms with Crippen LogP contribution in [0.25, 0.3) is 0 Å². The lowest BCUT2D eigenvalue weighted by atomic mass is 10.2. The van der Waals surface area contributed by atoms with E-state index in [2.05, 4.69) is 10.3 Å². The summed E-state index contributed by atoms with van der Waals surface area (Å²) in [5.41, 5.74) is 0.976. The Hall–Kier alpha value is -0.970. The molecule has 4 heteroatoms. The molecule has 0 saturated heterocycles. The van der Waals surface area contributed by atoms with Gasteiger partial charge in [0.25, 0.3) is 0 Å². The van der Waals surface area contributed by atoms with Crippen molar-refractivity contribution in [2.75, 3.05) is 13.2 Å². The van der Waals surface area contributed by atoms with Crippen LogP contribution in [0.4, 0.5) is 0 Å². The number of hydrogen-bond donors (Lipinski definition) is 2. The van der Waals surface area contributed by atoms with E-state index < -0.39 is 6.10 Å². The fourth-order valence-electron chi connectivity index (χ4n) is 1.41. The summed E-state index contributed by atoms with van der Waals surface area (Å²) in [5.74, 6) is 0. The van der Waals surface area contributed by atoms with Crippen LogP contribution in [0.1, 0.15) is 32.5 Å². The van der Waals surface area contributed by atoms with Crippen molar-refractivity contribution in [1.29, 1.82) is 0 Å². The molecular formula is C13H22N2O2. The van der Waals surface area contributed by atoms with Gasteiger partial charge in [0.05, 0.1) is 24.5 Å². The largest absolute Gasteiger partial charge is 0.389 e. The van der Waals surface area contributed by atoms with E-state index in [0.29, 0.717) is 13.2 Å². The van der Waals surface area contributed by atoms with Gasteiger partial charge in [0.15, 0.2) is 0 Å². The fraction of sp³-hybridized carbons (Fsp3) is 0.615. The molecule has 1 aromatic rings. The second-order valence-corrected chi connectivity index (χ2v) is 4.42. The van der Waals surface area contributed by atoms with Crippen molar-refractivity contribution in [3.05, 3.63) is 30.1 Å². The maximum Gasteiger partial charge on any atom is 0.0898 e. The van der Waals surface area contributed by atoms with Crippen molar-refractivity contribution in [2.24, 2.45) is 0 Å². The van der Waals surface area contributed by atoms with Crippen molar-refractivity contribution in [1.82, 2.24) is 10.3 Å². The third-order valence-electron chi connectivity index (χ3n) is 2.41. The zero-order chi connectivity index (χ0) is 12.7. The maximum atomic E-state index is 9.69. The number of aromatic nitrogens is 1. The molecule has 0 aliphatic heterocycles. The van der Waals surface area contributed by atoms with E-state index >= 15 is 0 Å². The van der Waals surface area contributed by atoms with Gasteiger partial charge in [-0.15, -0.1) is 0 Å². The zero-order valence-electron chi connectivity index (χ0n) is 10.8. The molecule has 96 valence electrons. The van der Waals surface area contributed by atoms with E-state index in [9.17, 15) is 5.11 Å². The lowest BCUT2D eigenvalue weighted by Gasteiger charge is -2.17. The minimum Gasteiger partial charge on any atom is -0.389 e. The summed E-state index contributed by atoms with van der Waals surface area (Å²) in [4.78, 5) is 4.26. The van der Waals surface area contributed by atoms with E-state index in [-0.39, 0.29) is 12.1 Å². The molecule has 17 heavy (non-hydrogen) atoms. The molecule has 1 aromatic heterocycles. The van der Waals surface area contributed by atoms with Gasteiger partial charge in [-0.05, 0) is 32.9 Å². The molecule has 0 amide bonds. The molecule has 0 bridgehead atoms. The van der Waals surface area contributed by atoms with Crippen LogP contribution in [-0.4, -0.2) is 35.5 Å². The molecule has 1 heterocycles. The van der Waals surface area contributed by atoms with Gasteiger partial charge in [0.2, 0.25) is 0 Å². The highest BCUT2D eigenvalue weighted by atomic mass is 16.5. The summed E-state index contributed by atoms with van der Waals surface area (Å²) in [6.07, 6.45) is 1.44. The molecule has 0 aliphatic rings. The van der Waals surface area contributed by atoms with Gasteiger partial charge in [-0.1, -0.05) is 6.07 Å². The molecule has 0 fully saturated rings. The van der Waals surface area contributed by atoms with E-state index in [1.54, 1.807) is 6.20 Å². The maximum absolute atomic E-state index is 9.69. The summed E-state index contributed by atoms with van der Waals surface area (Å²) in [6.45, 7) is 6.80. The van der Waals surface area contributed by atoms with Gasteiger partial charge >= 0.3 is 0 Å². The van der Waals surface area contributed by atoms with Crippen LogP contribution >= 0.6 is 0 Å². The summed E-state index contributed by atoms with van der Waals surface area (Å²) in [6, 6.07) is 5.94. The minimum absolute atomic E-state index is 0.130. The van der Waals surface area contributed by atoms with Gasteiger partial charge in [-0.2, -0.15) is 0 Å². The fourth-order valence-corrected chi connectivity index (χ4v) is 1.41. The minimum atomic E-state index is -0.483. The smallest absolute Gasteiger partial charge is 0.0898 e. The lowest BCUT2D eigenvalue weighted by molar-refractivity contribution is 0.00557. The monoisotopic (exact) mass is 238 g/mol. The third kappa shape index (κ3) is 5.77. The normalized spacial score (nSPS) is 14.9. The number of rotatable bonds is 7. The van der Waals surface area contributed by atoms with Gasteiger partial charge < -0.3 is 15.2 Å². The number of hydrogen-bond acceptors (Lipinski definition) is 4. The highest BCUT2D eigenvalue weighted by Crippen LogP contribution is 2.07. The SMILES string of the molecule is CC(C)OCC(O)CN[C@H](C)c1ccccn1. The summed E-state index contributed by atoms with van der Waals surface area (Å²) in [7, 11) is 0. The van der Waals surface area contributed by atoms with Crippen molar-refractivity contribution in [3.8, 4) is 0 Å². The van der Waals surface area contributed by atoms with E-state index in [1.807, 2.05) is 39.0 Å². The Morgan fingerprint density at radius 2 is 2.12 bits per heavy atom. The highest BCUT2D eigenvalue weighted by Gasteiger charge is 2.09. The highest BCUT2D eigenvalue weighted by molar-refractivity contribution is 5.07. The van der Waals surface area contributed by atoms with Crippen molar-refractivity contribution >= 4 is 0 Å². The lowest BCUT2D eigenvalue weighted by Crippen LogP contribution is -2.33. The zero-order valence-corrected chi connectivity index (χ0v) is 10.8. The first-order valence-corrected chi connectivity index (χ1v) is 6.03. The summed E-state index contributed by atoms with van der Waals surface area (Å²) in [5, 5.41) is 12.9. The van der Waals surface area contributed by atoms with E-state index in [4.69, 9.17) is 4.74 Å². The first-order chi connectivity index (χ1) is 8.09. The standard InChI is InChI=1S/C13H22N2O2/c1-10(2)17-9-12(16)8-15-11(3)13-6-4-5-7-14-13/h4-7,10-12,15-16H,8-9H2,1-3H3/t11-,12?/m1/s1. The molecule has 1 rings (SSSR count). The average Bonchev–Trinajstić information content (AvgIpc) is 2.34. The quantitative estimate of drug-likeness (QED) is 0.756. The number of aliphatic hydroxyl groups excluding tert-OH is 1. The number of pyridine rings is 1. The Morgan fingerprint density at radius 3 is 2.71 bits per heavy atom. The van der Waals surface area contributed by atoms with Gasteiger partial charge in [0.1, 0.15) is 0 Å². The van der Waals surface area contributed by atoms with Crippen LogP contribution in [0.15, 0.2) is 24.4 Å². The van der Waals surface area contributed by atoms with Crippen LogP contribution in [0, 0.1) is 0 Å². The summed E-state index contributed by atoms with van der Waals surface area (Å²) < 4.78 is 5.34. The summed E-state index contributed by atoms with van der Waals surface area (Å²) >= 11 is 0. The molecule has 0 saturated carbocycles. The second-order valence-electron chi connectivity index (χ2n) is 4.42. The molecule has 4 nitrogen and oxygen atoms in total. The topological polar surface area (TPSA) is 54.4 Å². The predicted molar refractivity (Wildman–Crippen MR) is 67.7 cm³/mol. The van der Waals surface area contributed by atoms with Crippen LogP contribution in [-0.2, 0) is 4.74 Å². The van der Waals surface area contributed by atoms with Gasteiger partial charge in [-0.25, -0.2) is 0 Å². The van der Waals surface area contributed by atoms with E-state index in [1.165, 1.54) is 0 Å². The molecule has 1 unspecified atom stereocenters. The molecule has 0 aromatic carbocycles. The number of aliphatic hydroxyl groups is 1. The van der Waals surface area contributed by atoms with Crippen LogP contribution in [0.3, 0.4) is 0 Å². The van der Waals surface area contributed by atoms with Crippen molar-refractivity contribution in [3.63, 3.8) is 0 Å². The Bertz CT molecular complexity index is 304. The average molecular weight is 238 g/mol. The first kappa shape index (κ1) is 14.1.